The van der Waals surface area contributed by atoms with E-state index in [1.807, 2.05) is 0 Å². The number of methoxy groups -OCH3 is 1. The third-order valence-electron chi connectivity index (χ3n) is 4.18. The minimum absolute atomic E-state index is 0.104. The van der Waals surface area contributed by atoms with Crippen LogP contribution in [0.2, 0.25) is 0 Å². The largest absolute Gasteiger partial charge is 0.496 e. The number of hydrogen-bond acceptors (Lipinski definition) is 8. The lowest BCUT2D eigenvalue weighted by Crippen LogP contribution is -2.30. The van der Waals surface area contributed by atoms with Crippen LogP contribution in [0.1, 0.15) is 40.6 Å². The quantitative estimate of drug-likeness (QED) is 0.541. The molecule has 0 aliphatic rings. The SMILES string of the molecule is CCOC(=O)c1cccc(S(=O)(=O)N[C@H](c2noc(C)n2)c2ccccc2OC)c1. The second kappa shape index (κ2) is 9.06. The smallest absolute Gasteiger partial charge is 0.338 e. The molecule has 158 valence electrons. The van der Waals surface area contributed by atoms with Crippen molar-refractivity contribution >= 4 is 16.0 Å². The van der Waals surface area contributed by atoms with E-state index in [0.717, 1.165) is 0 Å². The Labute approximate surface area is 174 Å². The number of nitrogens with zero attached hydrogens (tertiary/aromatic N) is 2. The van der Waals surface area contributed by atoms with E-state index in [4.69, 9.17) is 14.0 Å². The molecule has 0 radical (unpaired) electrons. The average molecular weight is 431 g/mol. The molecule has 0 spiro atoms. The van der Waals surface area contributed by atoms with Crippen LogP contribution >= 0.6 is 0 Å². The maximum absolute atomic E-state index is 13.1. The summed E-state index contributed by atoms with van der Waals surface area (Å²) in [6.45, 7) is 3.46. The van der Waals surface area contributed by atoms with Crippen molar-refractivity contribution in [2.75, 3.05) is 13.7 Å². The molecule has 0 unspecified atom stereocenters. The number of benzene rings is 2. The van der Waals surface area contributed by atoms with E-state index in [1.165, 1.54) is 31.4 Å². The summed E-state index contributed by atoms with van der Waals surface area (Å²) in [5.41, 5.74) is 0.634. The fourth-order valence-electron chi connectivity index (χ4n) is 2.82. The van der Waals surface area contributed by atoms with E-state index in [9.17, 15) is 13.2 Å². The van der Waals surface area contributed by atoms with Gasteiger partial charge in [0.25, 0.3) is 0 Å². The van der Waals surface area contributed by atoms with Gasteiger partial charge in [0, 0.05) is 12.5 Å². The van der Waals surface area contributed by atoms with Gasteiger partial charge < -0.3 is 14.0 Å². The van der Waals surface area contributed by atoms with E-state index >= 15 is 0 Å². The van der Waals surface area contributed by atoms with Gasteiger partial charge in [-0.2, -0.15) is 9.71 Å². The Bertz CT molecular complexity index is 1140. The van der Waals surface area contributed by atoms with E-state index in [0.29, 0.717) is 11.3 Å². The first kappa shape index (κ1) is 21.5. The number of rotatable bonds is 8. The number of sulfonamides is 1. The zero-order valence-corrected chi connectivity index (χ0v) is 17.5. The molecule has 0 amide bonds. The minimum Gasteiger partial charge on any atom is -0.496 e. The summed E-state index contributed by atoms with van der Waals surface area (Å²) in [5.74, 6) is 0.257. The van der Waals surface area contributed by atoms with E-state index in [1.54, 1.807) is 38.1 Å². The highest BCUT2D eigenvalue weighted by Gasteiger charge is 2.29. The molecule has 3 rings (SSSR count). The summed E-state index contributed by atoms with van der Waals surface area (Å²) in [4.78, 5) is 16.1. The normalized spacial score (nSPS) is 12.4. The fourth-order valence-corrected chi connectivity index (χ4v) is 4.04. The zero-order chi connectivity index (χ0) is 21.7. The molecule has 2 aromatic carbocycles. The molecule has 0 fully saturated rings. The van der Waals surface area contributed by atoms with Crippen molar-refractivity contribution in [2.45, 2.75) is 24.8 Å². The number of carbonyl (C=O) groups is 1. The number of hydrogen-bond donors (Lipinski definition) is 1. The van der Waals surface area contributed by atoms with Gasteiger partial charge >= 0.3 is 5.97 Å². The maximum Gasteiger partial charge on any atom is 0.338 e. The molecular weight excluding hydrogens is 410 g/mol. The molecule has 9 nitrogen and oxygen atoms in total. The van der Waals surface area contributed by atoms with Crippen LogP contribution < -0.4 is 9.46 Å². The monoisotopic (exact) mass is 431 g/mol. The molecule has 0 saturated carbocycles. The molecule has 0 saturated heterocycles. The predicted molar refractivity (Wildman–Crippen MR) is 107 cm³/mol. The Morgan fingerprint density at radius 3 is 2.63 bits per heavy atom. The number of aryl methyl sites for hydroxylation is 1. The molecule has 3 aromatic rings. The fraction of sp³-hybridized carbons (Fsp3) is 0.250. The van der Waals surface area contributed by atoms with E-state index < -0.39 is 22.0 Å². The van der Waals surface area contributed by atoms with Crippen molar-refractivity contribution in [3.05, 3.63) is 71.4 Å². The van der Waals surface area contributed by atoms with Gasteiger partial charge in [0.05, 0.1) is 24.2 Å². The van der Waals surface area contributed by atoms with Gasteiger partial charge in [0.15, 0.2) is 5.82 Å². The van der Waals surface area contributed by atoms with Crippen LogP contribution in [0.5, 0.6) is 5.75 Å². The Morgan fingerprint density at radius 1 is 1.20 bits per heavy atom. The van der Waals surface area contributed by atoms with Gasteiger partial charge in [-0.1, -0.05) is 29.4 Å². The van der Waals surface area contributed by atoms with Crippen LogP contribution in [0.3, 0.4) is 0 Å². The summed E-state index contributed by atoms with van der Waals surface area (Å²) in [6.07, 6.45) is 0. The first-order chi connectivity index (χ1) is 14.4. The van der Waals surface area contributed by atoms with Crippen molar-refractivity contribution in [1.82, 2.24) is 14.9 Å². The van der Waals surface area contributed by atoms with Crippen LogP contribution in [0.4, 0.5) is 0 Å². The maximum atomic E-state index is 13.1. The molecule has 1 aromatic heterocycles. The molecule has 1 heterocycles. The summed E-state index contributed by atoms with van der Waals surface area (Å²) in [7, 11) is -2.60. The van der Waals surface area contributed by atoms with Gasteiger partial charge in [-0.3, -0.25) is 0 Å². The van der Waals surface area contributed by atoms with Crippen LogP contribution in [0.15, 0.2) is 57.9 Å². The number of para-hydroxylation sites is 1. The van der Waals surface area contributed by atoms with Gasteiger partial charge in [-0.15, -0.1) is 0 Å². The molecule has 0 aliphatic carbocycles. The zero-order valence-electron chi connectivity index (χ0n) is 16.7. The first-order valence-corrected chi connectivity index (χ1v) is 10.6. The molecule has 30 heavy (non-hydrogen) atoms. The second-order valence-electron chi connectivity index (χ2n) is 6.22. The summed E-state index contributed by atoms with van der Waals surface area (Å²) < 4.78 is 44.2. The summed E-state index contributed by atoms with van der Waals surface area (Å²) in [6, 6.07) is 11.5. The Kier molecular flexibility index (Phi) is 6.48. The highest BCUT2D eigenvalue weighted by atomic mass is 32.2. The lowest BCUT2D eigenvalue weighted by molar-refractivity contribution is 0.0526. The molecule has 0 bridgehead atoms. The van der Waals surface area contributed by atoms with Crippen molar-refractivity contribution in [2.24, 2.45) is 0 Å². The second-order valence-corrected chi connectivity index (χ2v) is 7.93. The Balaban J connectivity index is 2.02. The topological polar surface area (TPSA) is 121 Å². The third-order valence-corrected chi connectivity index (χ3v) is 5.60. The number of nitrogens with one attached hydrogen (secondary N) is 1. The van der Waals surface area contributed by atoms with Crippen molar-refractivity contribution in [3.63, 3.8) is 0 Å². The molecule has 0 aliphatic heterocycles. The number of aromatic nitrogens is 2. The van der Waals surface area contributed by atoms with E-state index in [2.05, 4.69) is 14.9 Å². The van der Waals surface area contributed by atoms with Gasteiger partial charge in [0.1, 0.15) is 11.8 Å². The van der Waals surface area contributed by atoms with Gasteiger partial charge in [0.2, 0.25) is 15.9 Å². The highest BCUT2D eigenvalue weighted by Crippen LogP contribution is 2.30. The van der Waals surface area contributed by atoms with Crippen molar-refractivity contribution in [1.29, 1.82) is 0 Å². The highest BCUT2D eigenvalue weighted by molar-refractivity contribution is 7.89. The van der Waals surface area contributed by atoms with Crippen molar-refractivity contribution < 1.29 is 27.2 Å². The summed E-state index contributed by atoms with van der Waals surface area (Å²) >= 11 is 0. The van der Waals surface area contributed by atoms with Crippen LogP contribution in [0.25, 0.3) is 0 Å². The molecular formula is C20H21N3O6S. The number of ether oxygens (including phenoxy) is 2. The Hall–Kier alpha value is -3.24. The molecule has 1 N–H and O–H groups in total. The first-order valence-electron chi connectivity index (χ1n) is 9.08. The average Bonchev–Trinajstić information content (AvgIpc) is 3.18. The third kappa shape index (κ3) is 4.66. The Morgan fingerprint density at radius 2 is 1.97 bits per heavy atom. The van der Waals surface area contributed by atoms with Crippen molar-refractivity contribution in [3.8, 4) is 5.75 Å². The molecule has 1 atom stereocenters. The predicted octanol–water partition coefficient (Wildman–Crippen LogP) is 2.63. The number of carbonyl (C=O) groups excluding carboxylic acids is 1. The lowest BCUT2D eigenvalue weighted by atomic mass is 10.1. The minimum atomic E-state index is -4.08. The van der Waals surface area contributed by atoms with Crippen LogP contribution in [0, 0.1) is 6.92 Å². The van der Waals surface area contributed by atoms with E-state index in [-0.39, 0.29) is 28.8 Å². The number of esters is 1. The summed E-state index contributed by atoms with van der Waals surface area (Å²) in [5, 5.41) is 3.87. The standard InChI is InChI=1S/C20H21N3O6S/c1-4-28-20(24)14-8-7-9-15(12-14)30(25,26)23-18(19-21-13(2)29-22-19)16-10-5-6-11-17(16)27-3/h5-12,18,23H,4H2,1-3H3/t18-/m0/s1. The van der Waals surface area contributed by atoms with Gasteiger partial charge in [-0.25, -0.2) is 13.2 Å². The van der Waals surface area contributed by atoms with Gasteiger partial charge in [-0.05, 0) is 31.2 Å². The van der Waals surface area contributed by atoms with Crippen LogP contribution in [-0.2, 0) is 14.8 Å². The van der Waals surface area contributed by atoms with Crippen LogP contribution in [-0.4, -0.2) is 38.2 Å². The molecule has 10 heteroatoms. The lowest BCUT2D eigenvalue weighted by Gasteiger charge is -2.18.